The molecule has 0 fully saturated rings. The molecule has 0 N–H and O–H groups in total. The normalized spacial score (nSPS) is 10.5. The van der Waals surface area contributed by atoms with Crippen LogP contribution >= 0.6 is 43.5 Å². The van der Waals surface area contributed by atoms with Gasteiger partial charge in [-0.25, -0.2) is 0 Å². The highest BCUT2D eigenvalue weighted by Gasteiger charge is 2.13. The number of carbonyl (C=O) groups is 1. The highest BCUT2D eigenvalue weighted by molar-refractivity contribution is 9.11. The molecule has 2 aromatic rings. The number of hydrogen-bond donors (Lipinski definition) is 0. The molecule has 0 saturated carbocycles. The minimum atomic E-state index is -0.254. The van der Waals surface area contributed by atoms with Gasteiger partial charge in [0.15, 0.2) is 0 Å². The Hall–Kier alpha value is -1.04. The number of hydrogen-bond acceptors (Lipinski definition) is 3. The van der Waals surface area contributed by atoms with Gasteiger partial charge in [-0.2, -0.15) is 0 Å². The fraction of sp³-hybridized carbons (Fsp3) is 0.278. The third-order valence-corrected chi connectivity index (χ3v) is 5.05. The molecule has 24 heavy (non-hydrogen) atoms. The Kier molecular flexibility index (Phi) is 7.14. The van der Waals surface area contributed by atoms with E-state index in [2.05, 4.69) is 31.9 Å². The van der Waals surface area contributed by atoms with Gasteiger partial charge in [-0.3, -0.25) is 4.79 Å². The minimum absolute atomic E-state index is 0.212. The fourth-order valence-corrected chi connectivity index (χ4v) is 3.53. The summed E-state index contributed by atoms with van der Waals surface area (Å²) >= 11 is 13.1. The van der Waals surface area contributed by atoms with Crippen LogP contribution in [-0.4, -0.2) is 12.6 Å². The Balaban J connectivity index is 2.33. The van der Waals surface area contributed by atoms with Crippen LogP contribution in [0.2, 0.25) is 5.02 Å². The molecule has 0 aliphatic heterocycles. The Morgan fingerprint density at radius 3 is 2.54 bits per heavy atom. The number of rotatable bonds is 6. The molecule has 0 saturated heterocycles. The second-order valence-electron chi connectivity index (χ2n) is 5.08. The zero-order valence-electron chi connectivity index (χ0n) is 13.4. The summed E-state index contributed by atoms with van der Waals surface area (Å²) < 4.78 is 12.6. The molecule has 0 unspecified atom stereocenters. The lowest BCUT2D eigenvalue weighted by atomic mass is 10.1. The van der Waals surface area contributed by atoms with E-state index in [1.165, 1.54) is 0 Å². The third-order valence-electron chi connectivity index (χ3n) is 3.35. The molecule has 0 aliphatic carbocycles. The van der Waals surface area contributed by atoms with Crippen molar-refractivity contribution < 1.29 is 14.3 Å². The van der Waals surface area contributed by atoms with Gasteiger partial charge in [0.05, 0.1) is 18.1 Å². The topological polar surface area (TPSA) is 35.5 Å². The predicted octanol–water partition coefficient (Wildman–Crippen LogP) is 6.33. The SMILES string of the molecule is CCOC(=O)Cc1ccc(CC)c(Oc2cc(Br)cc(Br)c2Cl)c1. The zero-order chi connectivity index (χ0) is 17.7. The van der Waals surface area contributed by atoms with Crippen molar-refractivity contribution in [3.8, 4) is 11.5 Å². The van der Waals surface area contributed by atoms with Gasteiger partial charge in [0.1, 0.15) is 11.5 Å². The molecule has 0 radical (unpaired) electrons. The van der Waals surface area contributed by atoms with E-state index >= 15 is 0 Å². The molecule has 0 aliphatic rings. The first kappa shape index (κ1) is 19.3. The Bertz CT molecular complexity index is 747. The molecule has 2 aromatic carbocycles. The number of benzene rings is 2. The molecule has 6 heteroatoms. The molecular formula is C18H17Br2ClO3. The minimum Gasteiger partial charge on any atom is -0.466 e. The Morgan fingerprint density at radius 1 is 1.12 bits per heavy atom. The highest BCUT2D eigenvalue weighted by atomic mass is 79.9. The van der Waals surface area contributed by atoms with Crippen molar-refractivity contribution in [1.29, 1.82) is 0 Å². The molecule has 2 rings (SSSR count). The van der Waals surface area contributed by atoms with Crippen LogP contribution in [0.15, 0.2) is 39.3 Å². The van der Waals surface area contributed by atoms with Crippen LogP contribution in [0, 0.1) is 0 Å². The lowest BCUT2D eigenvalue weighted by Crippen LogP contribution is -2.07. The molecule has 128 valence electrons. The molecule has 0 amide bonds. The van der Waals surface area contributed by atoms with E-state index in [4.69, 9.17) is 21.1 Å². The number of aryl methyl sites for hydroxylation is 1. The van der Waals surface area contributed by atoms with E-state index in [0.29, 0.717) is 23.1 Å². The van der Waals surface area contributed by atoms with E-state index in [1.807, 2.05) is 37.3 Å². The van der Waals surface area contributed by atoms with Crippen LogP contribution in [0.1, 0.15) is 25.0 Å². The maximum absolute atomic E-state index is 11.7. The third kappa shape index (κ3) is 4.98. The van der Waals surface area contributed by atoms with Gasteiger partial charge in [0, 0.05) is 8.95 Å². The van der Waals surface area contributed by atoms with E-state index in [-0.39, 0.29) is 12.4 Å². The number of carbonyl (C=O) groups excluding carboxylic acids is 1. The van der Waals surface area contributed by atoms with Crippen LogP contribution < -0.4 is 4.74 Å². The lowest BCUT2D eigenvalue weighted by Gasteiger charge is -2.14. The van der Waals surface area contributed by atoms with E-state index < -0.39 is 0 Å². The predicted molar refractivity (Wildman–Crippen MR) is 103 cm³/mol. The summed E-state index contributed by atoms with van der Waals surface area (Å²) in [6.07, 6.45) is 1.02. The number of halogens is 3. The standard InChI is InChI=1S/C18H17Br2ClO3/c1-3-12-6-5-11(8-17(22)23-4-2)7-15(12)24-16-10-13(19)9-14(20)18(16)21/h5-7,9-10H,3-4,8H2,1-2H3. The molecule has 0 aromatic heterocycles. The Morgan fingerprint density at radius 2 is 1.88 bits per heavy atom. The van der Waals surface area contributed by atoms with Crippen LogP contribution in [0.3, 0.4) is 0 Å². The Labute approximate surface area is 163 Å². The van der Waals surface area contributed by atoms with Crippen molar-refractivity contribution in [2.24, 2.45) is 0 Å². The fourth-order valence-electron chi connectivity index (χ4n) is 2.20. The van der Waals surface area contributed by atoms with Gasteiger partial charge < -0.3 is 9.47 Å². The first-order chi connectivity index (χ1) is 11.4. The summed E-state index contributed by atoms with van der Waals surface area (Å²) in [5.74, 6) is 0.975. The highest BCUT2D eigenvalue weighted by Crippen LogP contribution is 2.39. The summed E-state index contributed by atoms with van der Waals surface area (Å²) in [6, 6.07) is 9.41. The maximum Gasteiger partial charge on any atom is 0.310 e. The van der Waals surface area contributed by atoms with Gasteiger partial charge in [-0.05, 0) is 58.6 Å². The second kappa shape index (κ2) is 8.88. The van der Waals surface area contributed by atoms with Crippen molar-refractivity contribution in [2.75, 3.05) is 6.61 Å². The van der Waals surface area contributed by atoms with Gasteiger partial charge in [-0.15, -0.1) is 0 Å². The molecule has 0 heterocycles. The number of ether oxygens (including phenoxy) is 2. The van der Waals surface area contributed by atoms with Gasteiger partial charge in [-0.1, -0.05) is 46.6 Å². The second-order valence-corrected chi connectivity index (χ2v) is 7.23. The van der Waals surface area contributed by atoms with E-state index in [9.17, 15) is 4.79 Å². The van der Waals surface area contributed by atoms with Crippen molar-refractivity contribution in [3.05, 3.63) is 55.4 Å². The van der Waals surface area contributed by atoms with Crippen LogP contribution in [0.4, 0.5) is 0 Å². The van der Waals surface area contributed by atoms with Crippen molar-refractivity contribution in [1.82, 2.24) is 0 Å². The number of esters is 1. The first-order valence-electron chi connectivity index (χ1n) is 7.54. The smallest absolute Gasteiger partial charge is 0.310 e. The molecule has 0 bridgehead atoms. The summed E-state index contributed by atoms with van der Waals surface area (Å²) in [4.78, 5) is 11.7. The maximum atomic E-state index is 11.7. The average Bonchev–Trinajstić information content (AvgIpc) is 2.52. The van der Waals surface area contributed by atoms with Crippen molar-refractivity contribution in [2.45, 2.75) is 26.7 Å². The molecule has 0 atom stereocenters. The van der Waals surface area contributed by atoms with Crippen LogP contribution in [0.25, 0.3) is 0 Å². The first-order valence-corrected chi connectivity index (χ1v) is 9.50. The lowest BCUT2D eigenvalue weighted by molar-refractivity contribution is -0.142. The summed E-state index contributed by atoms with van der Waals surface area (Å²) in [7, 11) is 0. The van der Waals surface area contributed by atoms with Gasteiger partial charge >= 0.3 is 5.97 Å². The van der Waals surface area contributed by atoms with E-state index in [0.717, 1.165) is 26.5 Å². The molecule has 0 spiro atoms. The average molecular weight is 477 g/mol. The van der Waals surface area contributed by atoms with Gasteiger partial charge in [0.2, 0.25) is 0 Å². The quantitative estimate of drug-likeness (QED) is 0.361. The van der Waals surface area contributed by atoms with Crippen LogP contribution in [-0.2, 0) is 22.4 Å². The largest absolute Gasteiger partial charge is 0.466 e. The van der Waals surface area contributed by atoms with Crippen molar-refractivity contribution >= 4 is 49.4 Å². The summed E-state index contributed by atoms with van der Waals surface area (Å²) in [5.41, 5.74) is 1.88. The summed E-state index contributed by atoms with van der Waals surface area (Å²) in [5, 5.41) is 0.496. The molecular weight excluding hydrogens is 459 g/mol. The van der Waals surface area contributed by atoms with Gasteiger partial charge in [0.25, 0.3) is 0 Å². The van der Waals surface area contributed by atoms with E-state index in [1.54, 1.807) is 6.92 Å². The summed E-state index contributed by atoms with van der Waals surface area (Å²) in [6.45, 7) is 4.21. The van der Waals surface area contributed by atoms with Crippen LogP contribution in [0.5, 0.6) is 11.5 Å². The monoisotopic (exact) mass is 474 g/mol. The van der Waals surface area contributed by atoms with Crippen molar-refractivity contribution in [3.63, 3.8) is 0 Å². The molecule has 3 nitrogen and oxygen atoms in total. The zero-order valence-corrected chi connectivity index (χ0v) is 17.3.